The van der Waals surface area contributed by atoms with E-state index in [1.807, 2.05) is 67.1 Å². The number of amides is 1. The third-order valence-corrected chi connectivity index (χ3v) is 5.98. The lowest BCUT2D eigenvalue weighted by atomic mass is 10.0. The molecule has 2 heterocycles. The maximum absolute atomic E-state index is 13.2. The van der Waals surface area contributed by atoms with E-state index in [4.69, 9.17) is 9.47 Å². The monoisotopic (exact) mass is 425 g/mol. The number of hydrogen-bond donors (Lipinski definition) is 2. The van der Waals surface area contributed by atoms with Crippen molar-refractivity contribution >= 4 is 23.4 Å². The average molecular weight is 426 g/mol. The second kappa shape index (κ2) is 8.66. The van der Waals surface area contributed by atoms with E-state index < -0.39 is 5.25 Å². The molecule has 0 aliphatic carbocycles. The maximum Gasteiger partial charge on any atom is 0.240 e. The van der Waals surface area contributed by atoms with Crippen LogP contribution in [0.4, 0.5) is 5.69 Å². The first-order valence-electron chi connectivity index (χ1n) is 9.62. The van der Waals surface area contributed by atoms with Crippen molar-refractivity contribution in [2.24, 2.45) is 0 Å². The van der Waals surface area contributed by atoms with E-state index in [9.17, 15) is 4.79 Å². The van der Waals surface area contributed by atoms with Crippen LogP contribution < -0.4 is 20.2 Å². The normalized spacial score (nSPS) is 17.6. The number of fused-ring (bicyclic) bond motifs is 1. The van der Waals surface area contributed by atoms with Crippen molar-refractivity contribution in [3.8, 4) is 11.5 Å². The van der Waals surface area contributed by atoms with Crippen LogP contribution in [0, 0.1) is 6.92 Å². The predicted octanol–water partition coefficient (Wildman–Crippen LogP) is 3.39. The van der Waals surface area contributed by atoms with Gasteiger partial charge in [-0.25, -0.2) is 4.68 Å². The molecule has 30 heavy (non-hydrogen) atoms. The van der Waals surface area contributed by atoms with E-state index in [0.717, 1.165) is 22.9 Å². The standard InChI is InChI=1S/C21H23N5O3S/c1-4-29-17-9-5-14(6-10-17)18-19(30-21-24-23-13(2)26(21)25-18)20(27)22-15-7-11-16(28-3)12-8-15/h5-12,18-19,25H,4H2,1-3H3,(H,22,27)/t18-,19+/m1/s1. The summed E-state index contributed by atoms with van der Waals surface area (Å²) in [5.41, 5.74) is 5.07. The molecule has 0 bridgehead atoms. The predicted molar refractivity (Wildman–Crippen MR) is 116 cm³/mol. The zero-order chi connectivity index (χ0) is 21.1. The molecule has 1 amide bonds. The first kappa shape index (κ1) is 20.1. The van der Waals surface area contributed by atoms with Gasteiger partial charge in [-0.15, -0.1) is 10.2 Å². The number of nitrogens with one attached hydrogen (secondary N) is 2. The molecule has 2 aromatic carbocycles. The number of methoxy groups -OCH3 is 1. The molecule has 0 fully saturated rings. The summed E-state index contributed by atoms with van der Waals surface area (Å²) in [5, 5.41) is 11.5. The number of benzene rings is 2. The van der Waals surface area contributed by atoms with Crippen molar-refractivity contribution < 1.29 is 14.3 Å². The first-order valence-corrected chi connectivity index (χ1v) is 10.5. The Bertz CT molecular complexity index is 1020. The molecule has 2 atom stereocenters. The van der Waals surface area contributed by atoms with Gasteiger partial charge in [0, 0.05) is 5.69 Å². The Kier molecular flexibility index (Phi) is 5.80. The summed E-state index contributed by atoms with van der Waals surface area (Å²) in [7, 11) is 1.61. The Balaban J connectivity index is 1.61. The number of thioether (sulfide) groups is 1. The van der Waals surface area contributed by atoms with Crippen LogP contribution in [0.5, 0.6) is 11.5 Å². The van der Waals surface area contributed by atoms with Gasteiger partial charge in [-0.2, -0.15) is 0 Å². The Morgan fingerprint density at radius 1 is 1.13 bits per heavy atom. The van der Waals surface area contributed by atoms with E-state index in [2.05, 4.69) is 20.9 Å². The minimum Gasteiger partial charge on any atom is -0.497 e. The van der Waals surface area contributed by atoms with Gasteiger partial charge in [0.15, 0.2) is 0 Å². The Morgan fingerprint density at radius 3 is 2.50 bits per heavy atom. The summed E-state index contributed by atoms with van der Waals surface area (Å²) in [5.74, 6) is 2.15. The fourth-order valence-electron chi connectivity index (χ4n) is 3.24. The van der Waals surface area contributed by atoms with Gasteiger partial charge in [0.1, 0.15) is 22.6 Å². The highest BCUT2D eigenvalue weighted by atomic mass is 32.2. The number of rotatable bonds is 6. The Hall–Kier alpha value is -3.20. The van der Waals surface area contributed by atoms with Crippen molar-refractivity contribution in [1.29, 1.82) is 0 Å². The Labute approximate surface area is 179 Å². The minimum atomic E-state index is -0.443. The van der Waals surface area contributed by atoms with Crippen LogP contribution in [0.2, 0.25) is 0 Å². The van der Waals surface area contributed by atoms with E-state index in [0.29, 0.717) is 17.5 Å². The minimum absolute atomic E-state index is 0.122. The van der Waals surface area contributed by atoms with Crippen LogP contribution in [0.15, 0.2) is 53.7 Å². The van der Waals surface area contributed by atoms with Crippen molar-refractivity contribution in [3.05, 3.63) is 59.9 Å². The lowest BCUT2D eigenvalue weighted by Crippen LogP contribution is -2.41. The molecule has 9 heteroatoms. The lowest BCUT2D eigenvalue weighted by molar-refractivity contribution is -0.116. The van der Waals surface area contributed by atoms with Gasteiger partial charge in [-0.1, -0.05) is 23.9 Å². The number of aromatic nitrogens is 3. The molecule has 0 unspecified atom stereocenters. The highest BCUT2D eigenvalue weighted by Crippen LogP contribution is 2.38. The fraction of sp³-hybridized carbons (Fsp3) is 0.286. The van der Waals surface area contributed by atoms with Gasteiger partial charge in [0.05, 0.1) is 19.8 Å². The number of hydrogen-bond acceptors (Lipinski definition) is 7. The number of carbonyl (C=O) groups excluding carboxylic acids is 1. The van der Waals surface area contributed by atoms with Gasteiger partial charge in [0.2, 0.25) is 11.1 Å². The number of nitrogens with zero attached hydrogens (tertiary/aromatic N) is 3. The molecule has 1 aliphatic rings. The van der Waals surface area contributed by atoms with Crippen LogP contribution in [0.1, 0.15) is 24.4 Å². The Morgan fingerprint density at radius 2 is 1.83 bits per heavy atom. The highest BCUT2D eigenvalue weighted by Gasteiger charge is 2.37. The number of aryl methyl sites for hydroxylation is 1. The third-order valence-electron chi connectivity index (χ3n) is 4.76. The van der Waals surface area contributed by atoms with Gasteiger partial charge in [-0.3, -0.25) is 4.79 Å². The summed E-state index contributed by atoms with van der Waals surface area (Å²) < 4.78 is 12.5. The first-order chi connectivity index (χ1) is 14.6. The van der Waals surface area contributed by atoms with Crippen LogP contribution >= 0.6 is 11.8 Å². The number of ether oxygens (including phenoxy) is 2. The molecular weight excluding hydrogens is 402 g/mol. The van der Waals surface area contributed by atoms with Gasteiger partial charge in [0.25, 0.3) is 0 Å². The van der Waals surface area contributed by atoms with Crippen LogP contribution in [0.25, 0.3) is 0 Å². The number of carbonyl (C=O) groups is 1. The van der Waals surface area contributed by atoms with Crippen LogP contribution in [0.3, 0.4) is 0 Å². The van der Waals surface area contributed by atoms with E-state index >= 15 is 0 Å². The second-order valence-electron chi connectivity index (χ2n) is 6.73. The zero-order valence-electron chi connectivity index (χ0n) is 17.0. The molecule has 1 aliphatic heterocycles. The molecule has 2 N–H and O–H groups in total. The van der Waals surface area contributed by atoms with Gasteiger partial charge >= 0.3 is 0 Å². The summed E-state index contributed by atoms with van der Waals surface area (Å²) >= 11 is 1.39. The molecule has 0 radical (unpaired) electrons. The zero-order valence-corrected chi connectivity index (χ0v) is 17.8. The molecule has 156 valence electrons. The molecule has 0 saturated carbocycles. The van der Waals surface area contributed by atoms with Crippen molar-refractivity contribution in [2.45, 2.75) is 30.3 Å². The average Bonchev–Trinajstić information content (AvgIpc) is 3.14. The lowest BCUT2D eigenvalue weighted by Gasteiger charge is -2.32. The summed E-state index contributed by atoms with van der Waals surface area (Å²) in [4.78, 5) is 13.2. The van der Waals surface area contributed by atoms with Crippen molar-refractivity contribution in [3.63, 3.8) is 0 Å². The summed E-state index contributed by atoms with van der Waals surface area (Å²) in [6.45, 7) is 4.42. The molecule has 8 nitrogen and oxygen atoms in total. The smallest absolute Gasteiger partial charge is 0.240 e. The van der Waals surface area contributed by atoms with Crippen molar-refractivity contribution in [1.82, 2.24) is 14.9 Å². The molecule has 4 rings (SSSR count). The highest BCUT2D eigenvalue weighted by molar-refractivity contribution is 8.00. The second-order valence-corrected chi connectivity index (χ2v) is 7.84. The molecule has 0 saturated heterocycles. The molecular formula is C21H23N5O3S. The van der Waals surface area contributed by atoms with E-state index in [1.165, 1.54) is 11.8 Å². The van der Waals surface area contributed by atoms with E-state index in [1.54, 1.807) is 7.11 Å². The summed E-state index contributed by atoms with van der Waals surface area (Å²) in [6.07, 6.45) is 0. The summed E-state index contributed by atoms with van der Waals surface area (Å²) in [6, 6.07) is 14.8. The fourth-order valence-corrected chi connectivity index (χ4v) is 4.36. The van der Waals surface area contributed by atoms with Crippen LogP contribution in [-0.4, -0.2) is 39.7 Å². The molecule has 3 aromatic rings. The van der Waals surface area contributed by atoms with Crippen molar-refractivity contribution in [2.75, 3.05) is 24.5 Å². The topological polar surface area (TPSA) is 90.3 Å². The van der Waals surface area contributed by atoms with Gasteiger partial charge in [-0.05, 0) is 55.8 Å². The van der Waals surface area contributed by atoms with Crippen LogP contribution in [-0.2, 0) is 4.79 Å². The maximum atomic E-state index is 13.2. The van der Waals surface area contributed by atoms with Gasteiger partial charge < -0.3 is 20.2 Å². The SMILES string of the molecule is CCOc1ccc([C@H]2Nn3c(C)nnc3S[C@@H]2C(=O)Nc2ccc(OC)cc2)cc1. The molecule has 1 aromatic heterocycles. The quantitative estimate of drug-likeness (QED) is 0.626. The molecule has 0 spiro atoms. The third kappa shape index (κ3) is 4.06. The largest absolute Gasteiger partial charge is 0.497 e. The number of anilines is 1. The van der Waals surface area contributed by atoms with E-state index in [-0.39, 0.29) is 11.9 Å².